The van der Waals surface area contributed by atoms with E-state index in [0.717, 1.165) is 29.7 Å². The number of nitrogens with one attached hydrogen (secondary N) is 1. The summed E-state index contributed by atoms with van der Waals surface area (Å²) < 4.78 is 43.2. The summed E-state index contributed by atoms with van der Waals surface area (Å²) in [5, 5.41) is 12.1. The zero-order chi connectivity index (χ0) is 21.8. The van der Waals surface area contributed by atoms with Crippen LogP contribution in [0.3, 0.4) is 0 Å². The van der Waals surface area contributed by atoms with Crippen molar-refractivity contribution in [2.75, 3.05) is 6.61 Å². The maximum atomic E-state index is 12.7. The van der Waals surface area contributed by atoms with E-state index in [1.165, 1.54) is 6.07 Å². The van der Waals surface area contributed by atoms with Crippen molar-refractivity contribution in [2.24, 2.45) is 0 Å². The summed E-state index contributed by atoms with van der Waals surface area (Å²) in [6.45, 7) is 0.0985. The number of benzene rings is 2. The Morgan fingerprint density at radius 3 is 2.40 bits per heavy atom. The third-order valence-corrected chi connectivity index (χ3v) is 5.41. The van der Waals surface area contributed by atoms with E-state index >= 15 is 0 Å². The Bertz CT molecular complexity index is 923. The van der Waals surface area contributed by atoms with Gasteiger partial charge < -0.3 is 15.2 Å². The highest BCUT2D eigenvalue weighted by Gasteiger charge is 2.45. The molecule has 2 aromatic rings. The number of halogens is 3. The Labute approximate surface area is 171 Å². The van der Waals surface area contributed by atoms with Crippen molar-refractivity contribution in [3.63, 3.8) is 0 Å². The standard InChI is InChI=1S/C22H22F3NO4/c23-22(24,25)18-7-1-4-15(12-18)8-11-30-20(29)26-14-16-5-2-6-17(13-16)21(19(27)28)9-3-10-21/h1-2,4-7,12-13H,3,8-11,14H2,(H,26,29)(H,27,28). The van der Waals surface area contributed by atoms with Crippen molar-refractivity contribution in [2.45, 2.75) is 43.8 Å². The molecule has 0 aliphatic heterocycles. The molecule has 160 valence electrons. The summed E-state index contributed by atoms with van der Waals surface area (Å²) in [7, 11) is 0. The molecule has 8 heteroatoms. The predicted molar refractivity (Wildman–Crippen MR) is 103 cm³/mol. The molecule has 5 nitrogen and oxygen atoms in total. The molecule has 0 atom stereocenters. The van der Waals surface area contributed by atoms with Crippen LogP contribution in [0.2, 0.25) is 0 Å². The Kier molecular flexibility index (Phi) is 6.34. The number of aliphatic carboxylic acids is 1. The molecular weight excluding hydrogens is 399 g/mol. The van der Waals surface area contributed by atoms with Crippen LogP contribution in [-0.2, 0) is 34.1 Å². The van der Waals surface area contributed by atoms with Gasteiger partial charge in [-0.25, -0.2) is 4.79 Å². The highest BCUT2D eigenvalue weighted by molar-refractivity contribution is 5.82. The number of carboxylic acids is 1. The molecule has 30 heavy (non-hydrogen) atoms. The van der Waals surface area contributed by atoms with Crippen LogP contribution < -0.4 is 5.32 Å². The van der Waals surface area contributed by atoms with E-state index in [1.807, 2.05) is 0 Å². The van der Waals surface area contributed by atoms with Crippen molar-refractivity contribution in [3.8, 4) is 0 Å². The molecule has 2 aromatic carbocycles. The second-order valence-corrected chi connectivity index (χ2v) is 7.38. The molecule has 1 aliphatic rings. The third-order valence-electron chi connectivity index (χ3n) is 5.41. The van der Waals surface area contributed by atoms with Crippen LogP contribution in [0.5, 0.6) is 0 Å². The van der Waals surface area contributed by atoms with Crippen LogP contribution in [0.4, 0.5) is 18.0 Å². The van der Waals surface area contributed by atoms with Gasteiger partial charge in [-0.05, 0) is 35.6 Å². The van der Waals surface area contributed by atoms with Gasteiger partial charge in [0.25, 0.3) is 0 Å². The number of ether oxygens (including phenoxy) is 1. The number of carbonyl (C=O) groups excluding carboxylic acids is 1. The fourth-order valence-electron chi connectivity index (χ4n) is 3.53. The van der Waals surface area contributed by atoms with Crippen molar-refractivity contribution in [3.05, 3.63) is 70.8 Å². The van der Waals surface area contributed by atoms with Crippen LogP contribution in [0.25, 0.3) is 0 Å². The van der Waals surface area contributed by atoms with Crippen LogP contribution in [-0.4, -0.2) is 23.8 Å². The van der Waals surface area contributed by atoms with Crippen molar-refractivity contribution < 1.29 is 32.6 Å². The van der Waals surface area contributed by atoms with Crippen molar-refractivity contribution in [1.29, 1.82) is 0 Å². The molecule has 0 spiro atoms. The van der Waals surface area contributed by atoms with E-state index in [1.54, 1.807) is 30.3 Å². The molecule has 3 rings (SSSR count). The quantitative estimate of drug-likeness (QED) is 0.681. The van der Waals surface area contributed by atoms with Gasteiger partial charge in [0.1, 0.15) is 0 Å². The van der Waals surface area contributed by atoms with Gasteiger partial charge in [-0.3, -0.25) is 4.79 Å². The Morgan fingerprint density at radius 1 is 1.07 bits per heavy atom. The first-order chi connectivity index (χ1) is 14.2. The maximum absolute atomic E-state index is 12.7. The van der Waals surface area contributed by atoms with Crippen molar-refractivity contribution >= 4 is 12.1 Å². The number of carboxylic acid groups (broad SMARTS) is 1. The number of hydrogen-bond donors (Lipinski definition) is 2. The lowest BCUT2D eigenvalue weighted by molar-refractivity contribution is -0.147. The smallest absolute Gasteiger partial charge is 0.416 e. The van der Waals surface area contributed by atoms with E-state index in [0.29, 0.717) is 18.4 Å². The molecule has 2 N–H and O–H groups in total. The molecular formula is C22H22F3NO4. The van der Waals surface area contributed by atoms with Gasteiger partial charge in [-0.2, -0.15) is 13.2 Å². The minimum Gasteiger partial charge on any atom is -0.481 e. The lowest BCUT2D eigenvalue weighted by atomic mass is 9.64. The van der Waals surface area contributed by atoms with E-state index in [-0.39, 0.29) is 19.6 Å². The topological polar surface area (TPSA) is 75.6 Å². The SMILES string of the molecule is O=C(NCc1cccc(C2(C(=O)O)CCC2)c1)OCCc1cccc(C(F)(F)F)c1. The van der Waals surface area contributed by atoms with E-state index in [4.69, 9.17) is 4.74 Å². The van der Waals surface area contributed by atoms with Gasteiger partial charge in [0, 0.05) is 13.0 Å². The second kappa shape index (κ2) is 8.77. The number of alkyl carbamates (subject to hydrolysis) is 1. The van der Waals surface area contributed by atoms with Crippen LogP contribution >= 0.6 is 0 Å². The highest BCUT2D eigenvalue weighted by Crippen LogP contribution is 2.44. The monoisotopic (exact) mass is 421 g/mol. The molecule has 1 saturated carbocycles. The Balaban J connectivity index is 1.49. The zero-order valence-corrected chi connectivity index (χ0v) is 16.2. The lowest BCUT2D eigenvalue weighted by Crippen LogP contribution is -2.42. The lowest BCUT2D eigenvalue weighted by Gasteiger charge is -2.38. The Hall–Kier alpha value is -3.03. The average molecular weight is 421 g/mol. The number of hydrogen-bond acceptors (Lipinski definition) is 3. The van der Waals surface area contributed by atoms with Gasteiger partial charge in [-0.15, -0.1) is 0 Å². The summed E-state index contributed by atoms with van der Waals surface area (Å²) in [6, 6.07) is 12.0. The number of amides is 1. The Morgan fingerprint density at radius 2 is 1.77 bits per heavy atom. The van der Waals surface area contributed by atoms with Crippen molar-refractivity contribution in [1.82, 2.24) is 5.32 Å². The fraction of sp³-hybridized carbons (Fsp3) is 0.364. The van der Waals surface area contributed by atoms with Gasteiger partial charge in [-0.1, -0.05) is 48.9 Å². The van der Waals surface area contributed by atoms with E-state index < -0.39 is 29.2 Å². The minimum atomic E-state index is -4.42. The van der Waals surface area contributed by atoms with Crippen LogP contribution in [0, 0.1) is 0 Å². The molecule has 1 amide bonds. The van der Waals surface area contributed by atoms with Crippen LogP contribution in [0.1, 0.15) is 41.5 Å². The first kappa shape index (κ1) is 21.7. The molecule has 1 fully saturated rings. The predicted octanol–water partition coefficient (Wildman–Crippen LogP) is 4.68. The van der Waals surface area contributed by atoms with E-state index in [9.17, 15) is 27.9 Å². The summed E-state index contributed by atoms with van der Waals surface area (Å²) >= 11 is 0. The molecule has 0 radical (unpaired) electrons. The average Bonchev–Trinajstić information content (AvgIpc) is 2.65. The first-order valence-electron chi connectivity index (χ1n) is 9.60. The van der Waals surface area contributed by atoms with E-state index in [2.05, 4.69) is 5.32 Å². The molecule has 0 aromatic heterocycles. The molecule has 1 aliphatic carbocycles. The van der Waals surface area contributed by atoms with Gasteiger partial charge in [0.15, 0.2) is 0 Å². The number of alkyl halides is 3. The largest absolute Gasteiger partial charge is 0.481 e. The summed E-state index contributed by atoms with van der Waals surface area (Å²) in [6.07, 6.45) is -2.89. The number of rotatable bonds is 7. The van der Waals surface area contributed by atoms with Gasteiger partial charge in [0.05, 0.1) is 17.6 Å². The maximum Gasteiger partial charge on any atom is 0.416 e. The number of carbonyl (C=O) groups is 2. The summed E-state index contributed by atoms with van der Waals surface area (Å²) in [4.78, 5) is 23.5. The fourth-order valence-corrected chi connectivity index (χ4v) is 3.53. The first-order valence-corrected chi connectivity index (χ1v) is 9.60. The molecule has 0 heterocycles. The third kappa shape index (κ3) is 4.93. The summed E-state index contributed by atoms with van der Waals surface area (Å²) in [5.41, 5.74) is 0.301. The van der Waals surface area contributed by atoms with Crippen LogP contribution in [0.15, 0.2) is 48.5 Å². The molecule has 0 saturated heterocycles. The van der Waals surface area contributed by atoms with Gasteiger partial charge in [0.2, 0.25) is 0 Å². The van der Waals surface area contributed by atoms with Gasteiger partial charge >= 0.3 is 18.2 Å². The summed E-state index contributed by atoms with van der Waals surface area (Å²) in [5.74, 6) is -0.840. The highest BCUT2D eigenvalue weighted by atomic mass is 19.4. The normalized spacial score (nSPS) is 15.2. The zero-order valence-electron chi connectivity index (χ0n) is 16.2. The second-order valence-electron chi connectivity index (χ2n) is 7.38. The molecule has 0 unspecified atom stereocenters. The minimum absolute atomic E-state index is 0.0602. The molecule has 0 bridgehead atoms.